The second-order valence-corrected chi connectivity index (χ2v) is 4.04. The monoisotopic (exact) mass is 197 g/mol. The highest BCUT2D eigenvalue weighted by atomic mass is 32.2. The van der Waals surface area contributed by atoms with Crippen molar-refractivity contribution in [2.24, 2.45) is 0 Å². The lowest BCUT2D eigenvalue weighted by molar-refractivity contribution is 0.517. The van der Waals surface area contributed by atoms with E-state index in [0.717, 1.165) is 12.0 Å². The first-order chi connectivity index (χ1) is 6.25. The molecule has 0 aliphatic rings. The molecule has 0 radical (unpaired) electrons. The third kappa shape index (κ3) is 2.94. The molecule has 0 heterocycles. The molecule has 2 nitrogen and oxygen atoms in total. The molecule has 0 fully saturated rings. The summed E-state index contributed by atoms with van der Waals surface area (Å²) in [4.78, 5) is 0. The molecule has 0 bridgehead atoms. The number of rotatable bonds is 4. The van der Waals surface area contributed by atoms with Crippen LogP contribution in [0.25, 0.3) is 0 Å². The Morgan fingerprint density at radius 1 is 1.38 bits per heavy atom. The van der Waals surface area contributed by atoms with Crippen molar-refractivity contribution in [3.8, 4) is 0 Å². The molecule has 1 aromatic carbocycles. The van der Waals surface area contributed by atoms with E-state index in [4.69, 9.17) is 0 Å². The van der Waals surface area contributed by atoms with Crippen molar-refractivity contribution in [1.29, 1.82) is 0 Å². The molecule has 3 heteroatoms. The van der Waals surface area contributed by atoms with E-state index in [1.54, 1.807) is 0 Å². The summed E-state index contributed by atoms with van der Waals surface area (Å²) in [5, 5.41) is -0.341. The highest BCUT2D eigenvalue weighted by Crippen LogP contribution is 2.23. The Morgan fingerprint density at radius 2 is 2.00 bits per heavy atom. The van der Waals surface area contributed by atoms with E-state index in [9.17, 15) is 8.76 Å². The van der Waals surface area contributed by atoms with E-state index in [1.807, 2.05) is 37.3 Å². The standard InChI is InChI=1S/C10H14O2S/c1-2-6-10(13(11)12)9-7-4-3-5-8-9/h3-5,7-8,10H,2,6H2,1H3,(H,11,12)/p-1. The normalized spacial score (nSPS) is 15.2. The van der Waals surface area contributed by atoms with E-state index in [2.05, 4.69) is 0 Å². The molecule has 1 rings (SSSR count). The zero-order valence-corrected chi connectivity index (χ0v) is 8.42. The summed E-state index contributed by atoms with van der Waals surface area (Å²) in [7, 11) is 0. The van der Waals surface area contributed by atoms with Gasteiger partial charge in [-0.25, -0.2) is 0 Å². The van der Waals surface area contributed by atoms with Crippen LogP contribution < -0.4 is 0 Å². The highest BCUT2D eigenvalue weighted by Gasteiger charge is 2.09. The van der Waals surface area contributed by atoms with Crippen molar-refractivity contribution in [3.05, 3.63) is 35.9 Å². The highest BCUT2D eigenvalue weighted by molar-refractivity contribution is 7.79. The van der Waals surface area contributed by atoms with Crippen LogP contribution in [0.15, 0.2) is 30.3 Å². The van der Waals surface area contributed by atoms with E-state index < -0.39 is 11.1 Å². The molecule has 1 aromatic rings. The first kappa shape index (κ1) is 10.4. The minimum atomic E-state index is -2.00. The largest absolute Gasteiger partial charge is 0.772 e. The van der Waals surface area contributed by atoms with Gasteiger partial charge in [0, 0.05) is 5.25 Å². The van der Waals surface area contributed by atoms with Crippen molar-refractivity contribution < 1.29 is 8.76 Å². The summed E-state index contributed by atoms with van der Waals surface area (Å²) in [6.45, 7) is 1.99. The van der Waals surface area contributed by atoms with Gasteiger partial charge in [-0.3, -0.25) is 4.21 Å². The Kier molecular flexibility index (Phi) is 4.12. The van der Waals surface area contributed by atoms with Crippen LogP contribution in [0, 0.1) is 0 Å². The summed E-state index contributed by atoms with van der Waals surface area (Å²) in [6.07, 6.45) is 1.58. The van der Waals surface area contributed by atoms with Crippen molar-refractivity contribution >= 4 is 11.1 Å². The molecule has 0 spiro atoms. The first-order valence-corrected chi connectivity index (χ1v) is 5.52. The first-order valence-electron chi connectivity index (χ1n) is 4.38. The van der Waals surface area contributed by atoms with E-state index in [1.165, 1.54) is 0 Å². The fourth-order valence-electron chi connectivity index (χ4n) is 1.30. The van der Waals surface area contributed by atoms with E-state index in [-0.39, 0.29) is 5.25 Å². The second-order valence-electron chi connectivity index (χ2n) is 2.95. The fraction of sp³-hybridized carbons (Fsp3) is 0.400. The lowest BCUT2D eigenvalue weighted by atomic mass is 10.1. The Hall–Kier alpha value is -0.670. The molecule has 0 aliphatic carbocycles. The molecule has 0 saturated heterocycles. The van der Waals surface area contributed by atoms with Gasteiger partial charge in [-0.1, -0.05) is 43.7 Å². The Balaban J connectivity index is 2.82. The summed E-state index contributed by atoms with van der Waals surface area (Å²) in [6, 6.07) is 9.34. The molecule has 2 unspecified atom stereocenters. The molecule has 72 valence electrons. The van der Waals surface area contributed by atoms with Gasteiger partial charge in [0.1, 0.15) is 0 Å². The lowest BCUT2D eigenvalue weighted by Crippen LogP contribution is -2.05. The number of hydrogen-bond acceptors (Lipinski definition) is 2. The molecule has 0 N–H and O–H groups in total. The van der Waals surface area contributed by atoms with Gasteiger partial charge in [0.2, 0.25) is 0 Å². The lowest BCUT2D eigenvalue weighted by Gasteiger charge is -2.19. The SMILES string of the molecule is CCCC(c1ccccc1)S(=O)[O-]. The van der Waals surface area contributed by atoms with Crippen molar-refractivity contribution in [3.63, 3.8) is 0 Å². The van der Waals surface area contributed by atoms with Gasteiger partial charge < -0.3 is 4.55 Å². The van der Waals surface area contributed by atoms with Gasteiger partial charge >= 0.3 is 0 Å². The predicted molar refractivity (Wildman–Crippen MR) is 53.0 cm³/mol. The van der Waals surface area contributed by atoms with Crippen LogP contribution in [0.4, 0.5) is 0 Å². The maximum Gasteiger partial charge on any atom is 0.0465 e. The van der Waals surface area contributed by atoms with Gasteiger partial charge in [0.15, 0.2) is 0 Å². The summed E-state index contributed by atoms with van der Waals surface area (Å²) >= 11 is -2.00. The van der Waals surface area contributed by atoms with Crippen LogP contribution in [-0.4, -0.2) is 8.76 Å². The average molecular weight is 197 g/mol. The summed E-state index contributed by atoms with van der Waals surface area (Å²) in [5.74, 6) is 0. The third-order valence-corrected chi connectivity index (χ3v) is 2.93. The van der Waals surface area contributed by atoms with Gasteiger partial charge in [0.05, 0.1) is 0 Å². The van der Waals surface area contributed by atoms with Crippen LogP contribution in [0.5, 0.6) is 0 Å². The smallest absolute Gasteiger partial charge is 0.0465 e. The summed E-state index contributed by atoms with van der Waals surface area (Å²) in [5.41, 5.74) is 0.887. The third-order valence-electron chi connectivity index (χ3n) is 1.95. The molecule has 0 amide bonds. The van der Waals surface area contributed by atoms with Crippen LogP contribution in [0.1, 0.15) is 30.6 Å². The van der Waals surface area contributed by atoms with E-state index >= 15 is 0 Å². The number of benzene rings is 1. The second kappa shape index (κ2) is 5.14. The van der Waals surface area contributed by atoms with Crippen LogP contribution in [0.2, 0.25) is 0 Å². The molecule has 0 aliphatic heterocycles. The molecular weight excluding hydrogens is 184 g/mol. The minimum absolute atomic E-state index is 0.341. The zero-order chi connectivity index (χ0) is 9.68. The molecule has 2 atom stereocenters. The maximum absolute atomic E-state index is 10.9. The van der Waals surface area contributed by atoms with Gasteiger partial charge in [-0.05, 0) is 23.1 Å². The fourth-order valence-corrected chi connectivity index (χ4v) is 2.11. The minimum Gasteiger partial charge on any atom is -0.772 e. The van der Waals surface area contributed by atoms with Gasteiger partial charge in [-0.15, -0.1) is 0 Å². The average Bonchev–Trinajstić information content (AvgIpc) is 2.15. The maximum atomic E-state index is 10.9. The summed E-state index contributed by atoms with van der Waals surface area (Å²) < 4.78 is 21.8. The molecule has 13 heavy (non-hydrogen) atoms. The van der Waals surface area contributed by atoms with Crippen molar-refractivity contribution in [2.75, 3.05) is 0 Å². The topological polar surface area (TPSA) is 40.1 Å². The van der Waals surface area contributed by atoms with Crippen LogP contribution in [-0.2, 0) is 11.1 Å². The zero-order valence-electron chi connectivity index (χ0n) is 7.60. The molecule has 0 aromatic heterocycles. The van der Waals surface area contributed by atoms with E-state index in [0.29, 0.717) is 6.42 Å². The predicted octanol–water partition coefficient (Wildman–Crippen LogP) is 2.41. The van der Waals surface area contributed by atoms with Crippen molar-refractivity contribution in [2.45, 2.75) is 25.0 Å². The Bertz CT molecular complexity index is 272. The van der Waals surface area contributed by atoms with Crippen LogP contribution in [0.3, 0.4) is 0 Å². The Morgan fingerprint density at radius 3 is 2.46 bits per heavy atom. The quantitative estimate of drug-likeness (QED) is 0.695. The molecule has 0 saturated carbocycles. The van der Waals surface area contributed by atoms with Gasteiger partial charge in [0.25, 0.3) is 0 Å². The van der Waals surface area contributed by atoms with Crippen molar-refractivity contribution in [1.82, 2.24) is 0 Å². The Labute approximate surface area is 81.3 Å². The van der Waals surface area contributed by atoms with Crippen LogP contribution >= 0.6 is 0 Å². The molecular formula is C10H13O2S-. The number of hydrogen-bond donors (Lipinski definition) is 0. The van der Waals surface area contributed by atoms with Gasteiger partial charge in [-0.2, -0.15) is 0 Å².